The van der Waals surface area contributed by atoms with Crippen molar-refractivity contribution in [1.29, 1.82) is 10.7 Å². The van der Waals surface area contributed by atoms with Gasteiger partial charge in [0, 0.05) is 41.9 Å². The Kier molecular flexibility index (Phi) is 13.0. The van der Waals surface area contributed by atoms with E-state index in [4.69, 9.17) is 16.4 Å². The molecule has 5 N–H and O–H groups in total. The number of sulfonamides is 2. The van der Waals surface area contributed by atoms with Gasteiger partial charge in [-0.25, -0.2) is 36.3 Å². The van der Waals surface area contributed by atoms with E-state index in [0.29, 0.717) is 31.7 Å². The number of hydrogen-bond acceptors (Lipinski definition) is 10. The van der Waals surface area contributed by atoms with Crippen molar-refractivity contribution in [2.24, 2.45) is 36.8 Å². The van der Waals surface area contributed by atoms with E-state index in [-0.39, 0.29) is 51.4 Å². The topological polar surface area (TPSA) is 222 Å². The zero-order valence-corrected chi connectivity index (χ0v) is 28.9. The highest BCUT2D eigenvalue weighted by molar-refractivity contribution is 7.90. The van der Waals surface area contributed by atoms with Gasteiger partial charge in [0.25, 0.3) is 20.0 Å². The van der Waals surface area contributed by atoms with Crippen LogP contribution in [0.4, 0.5) is 0 Å². The fourth-order valence-electron chi connectivity index (χ4n) is 4.20. The fraction of sp³-hybridized carbons (Fsp3) is 0.419. The molecule has 17 heteroatoms. The smallest absolute Gasteiger partial charge is 0.264 e. The Morgan fingerprint density at radius 1 is 0.875 bits per heavy atom. The lowest BCUT2D eigenvalue weighted by molar-refractivity contribution is 0.379. The zero-order chi connectivity index (χ0) is 35.0. The summed E-state index contributed by atoms with van der Waals surface area (Å²) in [6, 6.07) is 13.7. The standard InChI is InChI=1S/C15H22N6O2S.C15H19N5O2S.CH4/c1-4-18-14(21-10-15(2,3)9-19-21)20-24(22,23)12-7-5-6-11(8-12)13(16)17;1-4-17-14(20-11-15(2,3)10-18-20)19-23(21,22)13-7-5-6-12(8-13)9-16;/h5-9H,4,10H2,1-3H3,(H3,16,17)(H,18,20);5-8,10H,4,11H2,1-3H3,(H,17,19);1H4. The van der Waals surface area contributed by atoms with Crippen molar-refractivity contribution in [2.75, 3.05) is 26.2 Å². The molecule has 0 atom stereocenters. The first kappa shape index (κ1) is 39.4. The maximum atomic E-state index is 12.6. The van der Waals surface area contributed by atoms with E-state index in [9.17, 15) is 16.8 Å². The van der Waals surface area contributed by atoms with Crippen LogP contribution in [0.1, 0.15) is 60.1 Å². The Labute approximate surface area is 284 Å². The van der Waals surface area contributed by atoms with E-state index in [1.165, 1.54) is 40.3 Å². The van der Waals surface area contributed by atoms with Crippen LogP contribution in [0, 0.1) is 27.6 Å². The number of nitrogens with two attached hydrogens (primary N) is 1. The number of hydrazone groups is 2. The lowest BCUT2D eigenvalue weighted by Crippen LogP contribution is -2.42. The number of nitrogens with one attached hydrogen (secondary N) is 3. The third-order valence-electron chi connectivity index (χ3n) is 6.49. The van der Waals surface area contributed by atoms with Gasteiger partial charge in [0.2, 0.25) is 11.9 Å². The number of rotatable bonds is 7. The van der Waals surface area contributed by atoms with E-state index < -0.39 is 20.0 Å². The Morgan fingerprint density at radius 2 is 1.31 bits per heavy atom. The largest absolute Gasteiger partial charge is 0.384 e. The number of guanidine groups is 2. The minimum atomic E-state index is -3.86. The molecule has 0 amide bonds. The first-order chi connectivity index (χ1) is 21.9. The van der Waals surface area contributed by atoms with Crippen molar-refractivity contribution in [3.8, 4) is 6.07 Å². The van der Waals surface area contributed by atoms with Crippen molar-refractivity contribution in [3.63, 3.8) is 0 Å². The molecule has 48 heavy (non-hydrogen) atoms. The van der Waals surface area contributed by atoms with E-state index >= 15 is 0 Å². The monoisotopic (exact) mass is 699 g/mol. The van der Waals surface area contributed by atoms with Gasteiger partial charge in [-0.05, 0) is 44.2 Å². The summed E-state index contributed by atoms with van der Waals surface area (Å²) in [5.41, 5.74) is 5.73. The number of nitrogens with zero attached hydrogens (tertiary/aromatic N) is 7. The minimum absolute atomic E-state index is 0. The first-order valence-corrected chi connectivity index (χ1v) is 17.6. The second-order valence-electron chi connectivity index (χ2n) is 12.0. The van der Waals surface area contributed by atoms with E-state index in [0.717, 1.165) is 0 Å². The fourth-order valence-corrected chi connectivity index (χ4v) is 6.34. The van der Waals surface area contributed by atoms with Crippen LogP contribution in [-0.2, 0) is 20.0 Å². The molecule has 0 saturated heterocycles. The molecule has 4 rings (SSSR count). The number of benzene rings is 2. The van der Waals surface area contributed by atoms with Gasteiger partial charge >= 0.3 is 0 Å². The summed E-state index contributed by atoms with van der Waals surface area (Å²) in [5.74, 6) is 0.157. The van der Waals surface area contributed by atoms with Crippen LogP contribution in [0.15, 0.2) is 78.5 Å². The van der Waals surface area contributed by atoms with Crippen LogP contribution in [0.5, 0.6) is 0 Å². The molecule has 2 aromatic carbocycles. The molecule has 2 aliphatic heterocycles. The third kappa shape index (κ3) is 10.6. The number of nitrogen functional groups attached to an aromatic ring is 1. The van der Waals surface area contributed by atoms with Crippen molar-refractivity contribution in [3.05, 3.63) is 59.7 Å². The maximum absolute atomic E-state index is 12.6. The second kappa shape index (κ2) is 15.8. The van der Waals surface area contributed by atoms with Crippen LogP contribution in [0.3, 0.4) is 0 Å². The Bertz CT molecular complexity index is 1860. The molecule has 0 radical (unpaired) electrons. The number of aliphatic imine (C=N–C) groups is 2. The molecule has 260 valence electrons. The average Bonchev–Trinajstić information content (AvgIpc) is 3.57. The molecule has 0 fully saturated rings. The second-order valence-corrected chi connectivity index (χ2v) is 15.3. The van der Waals surface area contributed by atoms with Crippen molar-refractivity contribution < 1.29 is 16.8 Å². The third-order valence-corrected chi connectivity index (χ3v) is 9.14. The van der Waals surface area contributed by atoms with Gasteiger partial charge < -0.3 is 5.73 Å². The average molecular weight is 700 g/mol. The highest BCUT2D eigenvalue weighted by atomic mass is 32.2. The Hall–Kier alpha value is -4.82. The summed E-state index contributed by atoms with van der Waals surface area (Å²) in [7, 11) is -7.70. The minimum Gasteiger partial charge on any atom is -0.384 e. The molecule has 2 heterocycles. The van der Waals surface area contributed by atoms with Crippen LogP contribution >= 0.6 is 0 Å². The highest BCUT2D eigenvalue weighted by Crippen LogP contribution is 2.22. The molecule has 0 unspecified atom stereocenters. The molecule has 0 aromatic heterocycles. The Morgan fingerprint density at radius 3 is 1.69 bits per heavy atom. The lowest BCUT2D eigenvalue weighted by atomic mass is 9.97. The van der Waals surface area contributed by atoms with E-state index in [2.05, 4.69) is 29.6 Å². The summed E-state index contributed by atoms with van der Waals surface area (Å²) in [5, 5.41) is 27.9. The van der Waals surface area contributed by atoms with Crippen LogP contribution < -0.4 is 15.2 Å². The number of hydrogen-bond donors (Lipinski definition) is 4. The van der Waals surface area contributed by atoms with Gasteiger partial charge in [0.15, 0.2) is 0 Å². The first-order valence-electron chi connectivity index (χ1n) is 14.7. The van der Waals surface area contributed by atoms with E-state index in [1.54, 1.807) is 30.6 Å². The van der Waals surface area contributed by atoms with Gasteiger partial charge in [-0.3, -0.25) is 15.4 Å². The summed E-state index contributed by atoms with van der Waals surface area (Å²) in [4.78, 5) is 8.44. The predicted octanol–water partition coefficient (Wildman–Crippen LogP) is 3.13. The van der Waals surface area contributed by atoms with Crippen LogP contribution in [0.25, 0.3) is 0 Å². The molecule has 2 aliphatic rings. The molecular formula is C31H45N11O4S2. The normalized spacial score (nSPS) is 16.8. The molecule has 2 aromatic rings. The van der Waals surface area contributed by atoms with Gasteiger partial charge in [0.1, 0.15) is 5.84 Å². The maximum Gasteiger partial charge on any atom is 0.264 e. The van der Waals surface area contributed by atoms with Crippen LogP contribution in [0.2, 0.25) is 0 Å². The molecule has 0 spiro atoms. The van der Waals surface area contributed by atoms with Gasteiger partial charge in [-0.15, -0.1) is 0 Å². The summed E-state index contributed by atoms with van der Waals surface area (Å²) in [6.45, 7) is 13.5. The molecule has 15 nitrogen and oxygen atoms in total. The summed E-state index contributed by atoms with van der Waals surface area (Å²) < 4.78 is 55.3. The SMILES string of the molecule is C.CCN=C(NS(=O)(=O)c1cccc(C#N)c1)N1CC(C)(C)C=N1.CCN=C(NS(=O)(=O)c1cccc(C(=N)N)c1)N1CC(C)(C)C=N1. The van der Waals surface area contributed by atoms with Gasteiger partial charge in [0.05, 0.1) is 34.5 Å². The predicted molar refractivity (Wildman–Crippen MR) is 190 cm³/mol. The molecule has 0 bridgehead atoms. The molecular weight excluding hydrogens is 655 g/mol. The van der Waals surface area contributed by atoms with Crippen molar-refractivity contribution in [2.45, 2.75) is 58.8 Å². The highest BCUT2D eigenvalue weighted by Gasteiger charge is 2.31. The molecule has 0 aliphatic carbocycles. The van der Waals surface area contributed by atoms with Crippen molar-refractivity contribution in [1.82, 2.24) is 19.5 Å². The quantitative estimate of drug-likeness (QED) is 0.248. The van der Waals surface area contributed by atoms with Crippen molar-refractivity contribution >= 4 is 50.2 Å². The number of amidine groups is 1. The van der Waals surface area contributed by atoms with Gasteiger partial charge in [-0.2, -0.15) is 15.5 Å². The Balaban J connectivity index is 0.000000327. The lowest BCUT2D eigenvalue weighted by Gasteiger charge is -2.21. The number of nitriles is 1. The van der Waals surface area contributed by atoms with Gasteiger partial charge in [-0.1, -0.05) is 53.3 Å². The molecule has 0 saturated carbocycles. The zero-order valence-electron chi connectivity index (χ0n) is 27.3. The summed E-state index contributed by atoms with van der Waals surface area (Å²) in [6.07, 6.45) is 3.53. The summed E-state index contributed by atoms with van der Waals surface area (Å²) >= 11 is 0. The van der Waals surface area contributed by atoms with Crippen LogP contribution in [-0.4, -0.2) is 83.2 Å². The van der Waals surface area contributed by atoms with E-state index in [1.807, 2.05) is 47.6 Å².